The van der Waals surface area contributed by atoms with Gasteiger partial charge in [0.15, 0.2) is 11.6 Å². The third-order valence-electron chi connectivity index (χ3n) is 5.24. The minimum Gasteiger partial charge on any atom is -0.294 e. The Hall–Kier alpha value is -3.24. The van der Waals surface area contributed by atoms with Gasteiger partial charge in [0.1, 0.15) is 5.92 Å². The predicted molar refractivity (Wildman–Crippen MR) is 112 cm³/mol. The first-order valence-corrected chi connectivity index (χ1v) is 10.1. The summed E-state index contributed by atoms with van der Waals surface area (Å²) >= 11 is 0. The fourth-order valence-corrected chi connectivity index (χ4v) is 3.61. The van der Waals surface area contributed by atoms with Crippen LogP contribution in [0.2, 0.25) is 0 Å². The monoisotopic (exact) mass is 386 g/mol. The van der Waals surface area contributed by atoms with Gasteiger partial charge in [-0.05, 0) is 18.8 Å². The Kier molecular flexibility index (Phi) is 8.80. The number of carbonyl (C=O) groups excluding carboxylic acids is 2. The number of hydrogen-bond acceptors (Lipinski definition) is 4. The molecule has 2 rings (SSSR count). The second-order valence-corrected chi connectivity index (χ2v) is 7.28. The van der Waals surface area contributed by atoms with E-state index in [0.717, 1.165) is 12.8 Å². The topological polar surface area (TPSA) is 81.7 Å². The van der Waals surface area contributed by atoms with E-state index in [1.165, 1.54) is 0 Å². The van der Waals surface area contributed by atoms with Gasteiger partial charge in [0, 0.05) is 23.5 Å². The van der Waals surface area contributed by atoms with Crippen molar-refractivity contribution in [1.29, 1.82) is 10.5 Å². The Balaban J connectivity index is 2.34. The molecule has 0 saturated carbocycles. The van der Waals surface area contributed by atoms with Crippen LogP contribution in [0.25, 0.3) is 0 Å². The fourth-order valence-electron chi connectivity index (χ4n) is 3.61. The van der Waals surface area contributed by atoms with E-state index in [-0.39, 0.29) is 30.3 Å². The van der Waals surface area contributed by atoms with Crippen LogP contribution < -0.4 is 0 Å². The standard InChI is InChI=1S/C25H26N2O2/c1-2-3-10-22(16-24(28)20-11-6-4-7-12-20)23(15-19(17-26)18-27)25(29)21-13-8-5-9-14-21/h4-9,11-14,19,22-23H,2-3,10,15-16H2,1H3. The van der Waals surface area contributed by atoms with Crippen LogP contribution in [0.3, 0.4) is 0 Å². The molecule has 0 amide bonds. The molecule has 2 unspecified atom stereocenters. The van der Waals surface area contributed by atoms with E-state index in [1.54, 1.807) is 36.4 Å². The third-order valence-corrected chi connectivity index (χ3v) is 5.24. The number of rotatable bonds is 11. The lowest BCUT2D eigenvalue weighted by molar-refractivity contribution is 0.0811. The molecule has 0 aliphatic heterocycles. The lowest BCUT2D eigenvalue weighted by Gasteiger charge is -2.26. The Bertz CT molecular complexity index is 865. The van der Waals surface area contributed by atoms with Gasteiger partial charge in [-0.2, -0.15) is 10.5 Å². The van der Waals surface area contributed by atoms with Gasteiger partial charge in [0.05, 0.1) is 12.1 Å². The van der Waals surface area contributed by atoms with Crippen LogP contribution in [-0.2, 0) is 0 Å². The van der Waals surface area contributed by atoms with Crippen LogP contribution in [0.5, 0.6) is 0 Å². The molecule has 0 radical (unpaired) electrons. The van der Waals surface area contributed by atoms with E-state index in [1.807, 2.05) is 36.4 Å². The summed E-state index contributed by atoms with van der Waals surface area (Å²) in [4.78, 5) is 26.2. The quantitative estimate of drug-likeness (QED) is 0.469. The van der Waals surface area contributed by atoms with Gasteiger partial charge in [-0.3, -0.25) is 9.59 Å². The third kappa shape index (κ3) is 6.40. The largest absolute Gasteiger partial charge is 0.294 e. The summed E-state index contributed by atoms with van der Waals surface area (Å²) < 4.78 is 0. The molecule has 0 spiro atoms. The van der Waals surface area contributed by atoms with Gasteiger partial charge < -0.3 is 0 Å². The van der Waals surface area contributed by atoms with Gasteiger partial charge in [-0.25, -0.2) is 0 Å². The molecule has 2 atom stereocenters. The van der Waals surface area contributed by atoms with Crippen LogP contribution in [0.1, 0.15) is 59.7 Å². The summed E-state index contributed by atoms with van der Waals surface area (Å²) in [5.41, 5.74) is 1.18. The van der Waals surface area contributed by atoms with Crippen molar-refractivity contribution >= 4 is 11.6 Å². The van der Waals surface area contributed by atoms with Gasteiger partial charge in [-0.15, -0.1) is 0 Å². The Labute approximate surface area is 172 Å². The smallest absolute Gasteiger partial charge is 0.166 e. The molecular formula is C25H26N2O2. The van der Waals surface area contributed by atoms with Crippen molar-refractivity contribution in [3.8, 4) is 12.1 Å². The maximum atomic E-state index is 13.3. The molecule has 2 aromatic carbocycles. The van der Waals surface area contributed by atoms with E-state index >= 15 is 0 Å². The zero-order valence-corrected chi connectivity index (χ0v) is 16.8. The van der Waals surface area contributed by atoms with E-state index in [0.29, 0.717) is 17.5 Å². The van der Waals surface area contributed by atoms with E-state index in [4.69, 9.17) is 0 Å². The van der Waals surface area contributed by atoms with Crippen LogP contribution in [0.15, 0.2) is 60.7 Å². The lowest BCUT2D eigenvalue weighted by atomic mass is 9.75. The molecule has 0 bridgehead atoms. The first kappa shape index (κ1) is 22.1. The highest BCUT2D eigenvalue weighted by atomic mass is 16.1. The fraction of sp³-hybridized carbons (Fsp3) is 0.360. The number of nitriles is 2. The number of hydrogen-bond donors (Lipinski definition) is 0. The molecule has 0 fully saturated rings. The summed E-state index contributed by atoms with van der Waals surface area (Å²) in [6.07, 6.45) is 2.92. The summed E-state index contributed by atoms with van der Waals surface area (Å²) in [6.45, 7) is 2.07. The van der Waals surface area contributed by atoms with Crippen molar-refractivity contribution in [3.05, 3.63) is 71.8 Å². The summed E-state index contributed by atoms with van der Waals surface area (Å²) in [5.74, 6) is -1.73. The molecule has 0 aliphatic rings. The number of unbranched alkanes of at least 4 members (excludes halogenated alkanes) is 1. The van der Waals surface area contributed by atoms with Crippen molar-refractivity contribution in [2.24, 2.45) is 17.8 Å². The zero-order chi connectivity index (χ0) is 21.1. The van der Waals surface area contributed by atoms with E-state index < -0.39 is 11.8 Å². The van der Waals surface area contributed by atoms with Crippen molar-refractivity contribution in [3.63, 3.8) is 0 Å². The highest BCUT2D eigenvalue weighted by molar-refractivity contribution is 5.99. The van der Waals surface area contributed by atoms with Crippen molar-refractivity contribution in [2.75, 3.05) is 0 Å². The zero-order valence-electron chi connectivity index (χ0n) is 16.8. The van der Waals surface area contributed by atoms with Gasteiger partial charge >= 0.3 is 0 Å². The molecule has 0 saturated heterocycles. The van der Waals surface area contributed by atoms with Crippen molar-refractivity contribution < 1.29 is 9.59 Å². The average Bonchev–Trinajstić information content (AvgIpc) is 2.78. The van der Waals surface area contributed by atoms with Gasteiger partial charge in [-0.1, -0.05) is 80.4 Å². The van der Waals surface area contributed by atoms with Crippen molar-refractivity contribution in [2.45, 2.75) is 39.0 Å². The molecular weight excluding hydrogens is 360 g/mol. The minimum absolute atomic E-state index is 0.0111. The number of Topliss-reactive ketones (excluding diaryl/α,β-unsaturated/α-hetero) is 2. The number of benzene rings is 2. The normalized spacial score (nSPS) is 12.6. The molecule has 2 aromatic rings. The highest BCUT2D eigenvalue weighted by Gasteiger charge is 2.32. The van der Waals surface area contributed by atoms with Gasteiger partial charge in [0.2, 0.25) is 0 Å². The summed E-state index contributed by atoms with van der Waals surface area (Å²) in [6, 6.07) is 22.0. The first-order chi connectivity index (χ1) is 14.1. The molecule has 4 heteroatoms. The maximum absolute atomic E-state index is 13.3. The molecule has 4 nitrogen and oxygen atoms in total. The Morgan fingerprint density at radius 2 is 1.45 bits per heavy atom. The highest BCUT2D eigenvalue weighted by Crippen LogP contribution is 2.32. The van der Waals surface area contributed by atoms with Crippen molar-refractivity contribution in [1.82, 2.24) is 0 Å². The second-order valence-electron chi connectivity index (χ2n) is 7.28. The molecule has 148 valence electrons. The SMILES string of the molecule is CCCCC(CC(=O)c1ccccc1)C(CC(C#N)C#N)C(=O)c1ccccc1. The van der Waals surface area contributed by atoms with E-state index in [9.17, 15) is 20.1 Å². The van der Waals surface area contributed by atoms with E-state index in [2.05, 4.69) is 6.92 Å². The molecule has 0 aliphatic carbocycles. The Morgan fingerprint density at radius 1 is 0.897 bits per heavy atom. The number of ketones is 2. The van der Waals surface area contributed by atoms with Crippen LogP contribution in [0.4, 0.5) is 0 Å². The molecule has 0 aromatic heterocycles. The summed E-state index contributed by atoms with van der Waals surface area (Å²) in [7, 11) is 0. The number of nitrogens with zero attached hydrogens (tertiary/aromatic N) is 2. The minimum atomic E-state index is -0.872. The molecule has 0 heterocycles. The summed E-state index contributed by atoms with van der Waals surface area (Å²) in [5, 5.41) is 18.6. The molecule has 29 heavy (non-hydrogen) atoms. The first-order valence-electron chi connectivity index (χ1n) is 10.1. The molecule has 0 N–H and O–H groups in total. The number of carbonyl (C=O) groups is 2. The lowest BCUT2D eigenvalue weighted by Crippen LogP contribution is -2.28. The predicted octanol–water partition coefficient (Wildman–Crippen LogP) is 5.62. The average molecular weight is 386 g/mol. The van der Waals surface area contributed by atoms with Crippen LogP contribution in [-0.4, -0.2) is 11.6 Å². The Morgan fingerprint density at radius 3 is 1.97 bits per heavy atom. The maximum Gasteiger partial charge on any atom is 0.166 e. The van der Waals surface area contributed by atoms with Crippen LogP contribution >= 0.6 is 0 Å². The second kappa shape index (κ2) is 11.6. The van der Waals surface area contributed by atoms with Crippen LogP contribution in [0, 0.1) is 40.4 Å². The van der Waals surface area contributed by atoms with Gasteiger partial charge in [0.25, 0.3) is 0 Å².